The molecule has 0 amide bonds. The van der Waals surface area contributed by atoms with E-state index in [1.54, 1.807) is 11.8 Å². The van der Waals surface area contributed by atoms with Gasteiger partial charge in [0.2, 0.25) is 0 Å². The predicted octanol–water partition coefficient (Wildman–Crippen LogP) is 2.70. The SMILES string of the molecule is CC1(C=NCCCSCCO)C=CC=CC1. The molecule has 90 valence electrons. The van der Waals surface area contributed by atoms with Gasteiger partial charge >= 0.3 is 0 Å². The van der Waals surface area contributed by atoms with E-state index in [4.69, 9.17) is 5.11 Å². The van der Waals surface area contributed by atoms with Crippen LogP contribution in [0.1, 0.15) is 19.8 Å². The third-order valence-corrected chi connectivity index (χ3v) is 3.53. The molecule has 1 N–H and O–H groups in total. The second kappa shape index (κ2) is 7.69. The Labute approximate surface area is 103 Å². The summed E-state index contributed by atoms with van der Waals surface area (Å²) in [6.45, 7) is 3.38. The van der Waals surface area contributed by atoms with E-state index >= 15 is 0 Å². The molecule has 16 heavy (non-hydrogen) atoms. The van der Waals surface area contributed by atoms with E-state index in [1.807, 2.05) is 0 Å². The summed E-state index contributed by atoms with van der Waals surface area (Å²) in [7, 11) is 0. The highest BCUT2D eigenvalue weighted by Crippen LogP contribution is 2.24. The topological polar surface area (TPSA) is 32.6 Å². The van der Waals surface area contributed by atoms with Gasteiger partial charge in [-0.25, -0.2) is 0 Å². The van der Waals surface area contributed by atoms with Crippen molar-refractivity contribution in [3.63, 3.8) is 0 Å². The van der Waals surface area contributed by atoms with E-state index in [0.717, 1.165) is 30.9 Å². The fourth-order valence-electron chi connectivity index (χ4n) is 1.54. The molecule has 1 rings (SSSR count). The molecule has 0 aliphatic heterocycles. The number of hydrogen-bond donors (Lipinski definition) is 1. The molecule has 0 bridgehead atoms. The van der Waals surface area contributed by atoms with Crippen molar-refractivity contribution in [3.05, 3.63) is 24.3 Å². The maximum atomic E-state index is 8.61. The lowest BCUT2D eigenvalue weighted by Crippen LogP contribution is -2.15. The molecule has 0 heterocycles. The van der Waals surface area contributed by atoms with Crippen LogP contribution in [0.5, 0.6) is 0 Å². The molecule has 1 aliphatic rings. The molecule has 1 unspecified atom stereocenters. The molecule has 0 aromatic heterocycles. The molecule has 1 aliphatic carbocycles. The summed E-state index contributed by atoms with van der Waals surface area (Å²) in [5.74, 6) is 1.93. The Morgan fingerprint density at radius 3 is 3.00 bits per heavy atom. The predicted molar refractivity (Wildman–Crippen MR) is 73.4 cm³/mol. The van der Waals surface area contributed by atoms with Crippen molar-refractivity contribution < 1.29 is 5.11 Å². The van der Waals surface area contributed by atoms with Crippen LogP contribution in [0.15, 0.2) is 29.3 Å². The first-order valence-electron chi connectivity index (χ1n) is 5.81. The summed E-state index contributed by atoms with van der Waals surface area (Å²) in [6, 6.07) is 0. The van der Waals surface area contributed by atoms with Crippen LogP contribution in [-0.2, 0) is 0 Å². The monoisotopic (exact) mass is 239 g/mol. The first-order chi connectivity index (χ1) is 7.77. The van der Waals surface area contributed by atoms with Gasteiger partial charge in [-0.2, -0.15) is 11.8 Å². The second-order valence-corrected chi connectivity index (χ2v) is 5.45. The van der Waals surface area contributed by atoms with Gasteiger partial charge in [-0.3, -0.25) is 4.99 Å². The second-order valence-electron chi connectivity index (χ2n) is 4.22. The zero-order chi connectivity index (χ0) is 11.7. The lowest BCUT2D eigenvalue weighted by atomic mass is 9.85. The van der Waals surface area contributed by atoms with Gasteiger partial charge < -0.3 is 5.11 Å². The molecular formula is C13H21NOS. The molecule has 0 saturated carbocycles. The quantitative estimate of drug-likeness (QED) is 0.547. The number of nitrogens with zero attached hydrogens (tertiary/aromatic N) is 1. The molecule has 0 aromatic carbocycles. The van der Waals surface area contributed by atoms with E-state index in [2.05, 4.69) is 42.4 Å². The summed E-state index contributed by atoms with van der Waals surface area (Å²) >= 11 is 1.79. The van der Waals surface area contributed by atoms with Gasteiger partial charge in [0.15, 0.2) is 0 Å². The minimum Gasteiger partial charge on any atom is -0.396 e. The zero-order valence-electron chi connectivity index (χ0n) is 9.93. The maximum absolute atomic E-state index is 8.61. The average Bonchev–Trinajstić information content (AvgIpc) is 2.29. The standard InChI is InChI=1S/C13H21NOS/c1-13(6-3-2-4-7-13)12-14-8-5-10-16-11-9-15/h2-4,6,12,15H,5,7-11H2,1H3. The first kappa shape index (κ1) is 13.5. The molecule has 3 heteroatoms. The maximum Gasteiger partial charge on any atom is 0.0521 e. The van der Waals surface area contributed by atoms with Crippen molar-refractivity contribution in [2.45, 2.75) is 19.8 Å². The van der Waals surface area contributed by atoms with Gasteiger partial charge in [0, 0.05) is 23.9 Å². The highest BCUT2D eigenvalue weighted by atomic mass is 32.2. The smallest absolute Gasteiger partial charge is 0.0521 e. The van der Waals surface area contributed by atoms with Crippen molar-refractivity contribution in [1.82, 2.24) is 0 Å². The fourth-order valence-corrected chi connectivity index (χ4v) is 2.20. The Kier molecular flexibility index (Phi) is 6.50. The van der Waals surface area contributed by atoms with E-state index in [0.29, 0.717) is 0 Å². The molecular weight excluding hydrogens is 218 g/mol. The molecule has 0 aromatic rings. The number of hydrogen-bond acceptors (Lipinski definition) is 3. The number of allylic oxidation sites excluding steroid dienone is 4. The van der Waals surface area contributed by atoms with Gasteiger partial charge in [0.1, 0.15) is 0 Å². The molecule has 0 radical (unpaired) electrons. The zero-order valence-corrected chi connectivity index (χ0v) is 10.7. The Morgan fingerprint density at radius 2 is 2.31 bits per heavy atom. The number of aliphatic imine (C=N–C) groups is 1. The van der Waals surface area contributed by atoms with Crippen molar-refractivity contribution >= 4 is 18.0 Å². The summed E-state index contributed by atoms with van der Waals surface area (Å²) in [5, 5.41) is 8.61. The summed E-state index contributed by atoms with van der Waals surface area (Å²) in [5.41, 5.74) is 0.118. The van der Waals surface area contributed by atoms with Gasteiger partial charge in [-0.05, 0) is 18.6 Å². The minimum absolute atomic E-state index is 0.118. The molecule has 0 fully saturated rings. The Bertz CT molecular complexity index is 273. The van der Waals surface area contributed by atoms with E-state index in [-0.39, 0.29) is 12.0 Å². The largest absolute Gasteiger partial charge is 0.396 e. The van der Waals surface area contributed by atoms with E-state index < -0.39 is 0 Å². The lowest BCUT2D eigenvalue weighted by molar-refractivity contribution is 0.322. The van der Waals surface area contributed by atoms with Gasteiger partial charge in [-0.15, -0.1) is 0 Å². The highest BCUT2D eigenvalue weighted by molar-refractivity contribution is 7.99. The number of aliphatic hydroxyl groups is 1. The Balaban J connectivity index is 2.12. The third-order valence-electron chi connectivity index (χ3n) is 2.48. The van der Waals surface area contributed by atoms with Crippen LogP contribution < -0.4 is 0 Å². The summed E-state index contributed by atoms with van der Waals surface area (Å²) in [4.78, 5) is 4.48. The number of rotatable bonds is 7. The number of aliphatic hydroxyl groups excluding tert-OH is 1. The van der Waals surface area contributed by atoms with Crippen LogP contribution in [-0.4, -0.2) is 36.0 Å². The average molecular weight is 239 g/mol. The highest BCUT2D eigenvalue weighted by Gasteiger charge is 2.17. The normalized spacial score (nSPS) is 24.4. The fraction of sp³-hybridized carbons (Fsp3) is 0.615. The van der Waals surface area contributed by atoms with Crippen molar-refractivity contribution in [1.29, 1.82) is 0 Å². The molecule has 1 atom stereocenters. The van der Waals surface area contributed by atoms with Crippen LogP contribution in [0.4, 0.5) is 0 Å². The molecule has 2 nitrogen and oxygen atoms in total. The van der Waals surface area contributed by atoms with Gasteiger partial charge in [0.05, 0.1) is 6.61 Å². The van der Waals surface area contributed by atoms with E-state index in [1.165, 1.54) is 0 Å². The molecule has 0 saturated heterocycles. The third kappa shape index (κ3) is 5.52. The summed E-state index contributed by atoms with van der Waals surface area (Å²) in [6.07, 6.45) is 12.8. The van der Waals surface area contributed by atoms with Crippen molar-refractivity contribution in [2.24, 2.45) is 10.4 Å². The van der Waals surface area contributed by atoms with E-state index in [9.17, 15) is 0 Å². The Hall–Kier alpha value is -0.540. The van der Waals surface area contributed by atoms with Crippen LogP contribution in [0.3, 0.4) is 0 Å². The van der Waals surface area contributed by atoms with Gasteiger partial charge in [-0.1, -0.05) is 31.2 Å². The lowest BCUT2D eigenvalue weighted by Gasteiger charge is -2.20. The minimum atomic E-state index is 0.118. The van der Waals surface area contributed by atoms with Crippen molar-refractivity contribution in [2.75, 3.05) is 24.7 Å². The van der Waals surface area contributed by atoms with Crippen LogP contribution in [0, 0.1) is 5.41 Å². The molecule has 0 spiro atoms. The van der Waals surface area contributed by atoms with Crippen molar-refractivity contribution in [3.8, 4) is 0 Å². The number of thioether (sulfide) groups is 1. The van der Waals surface area contributed by atoms with Crippen LogP contribution in [0.2, 0.25) is 0 Å². The first-order valence-corrected chi connectivity index (χ1v) is 6.96. The Morgan fingerprint density at radius 1 is 1.44 bits per heavy atom. The van der Waals surface area contributed by atoms with Gasteiger partial charge in [0.25, 0.3) is 0 Å². The summed E-state index contributed by atoms with van der Waals surface area (Å²) < 4.78 is 0. The van der Waals surface area contributed by atoms with Crippen LogP contribution >= 0.6 is 11.8 Å². The van der Waals surface area contributed by atoms with Crippen LogP contribution in [0.25, 0.3) is 0 Å².